The van der Waals surface area contributed by atoms with E-state index >= 15 is 0 Å². The molecule has 0 saturated carbocycles. The predicted octanol–water partition coefficient (Wildman–Crippen LogP) is 7.11. The van der Waals surface area contributed by atoms with Crippen LogP contribution in [-0.4, -0.2) is 26.0 Å². The summed E-state index contributed by atoms with van der Waals surface area (Å²) in [4.78, 5) is 14.3. The summed E-state index contributed by atoms with van der Waals surface area (Å²) in [6.07, 6.45) is 3.41. The summed E-state index contributed by atoms with van der Waals surface area (Å²) in [6.45, 7) is 4.13. The maximum atomic E-state index is 12.7. The van der Waals surface area contributed by atoms with Gasteiger partial charge in [0.25, 0.3) is 5.91 Å². The molecular formula is C29H26ClN5O2S. The van der Waals surface area contributed by atoms with Crippen LogP contribution in [0.5, 0.6) is 0 Å². The molecule has 0 unspecified atom stereocenters. The second kappa shape index (κ2) is 11.2. The third-order valence-electron chi connectivity index (χ3n) is 6.15. The number of carbonyl (C=O) groups excluding carboxylic acids is 1. The van der Waals surface area contributed by atoms with Crippen molar-refractivity contribution >= 4 is 51.6 Å². The summed E-state index contributed by atoms with van der Waals surface area (Å²) in [6, 6.07) is 22.6. The lowest BCUT2D eigenvalue weighted by atomic mass is 10.1. The first kappa shape index (κ1) is 25.6. The van der Waals surface area contributed by atoms with Gasteiger partial charge in [0, 0.05) is 16.3 Å². The molecule has 0 aliphatic heterocycles. The van der Waals surface area contributed by atoms with Crippen LogP contribution in [-0.2, 0) is 6.42 Å². The molecule has 0 bridgehead atoms. The fourth-order valence-electron chi connectivity index (χ4n) is 4.04. The Kier molecular flexibility index (Phi) is 7.53. The normalized spacial score (nSPS) is 11.0. The maximum absolute atomic E-state index is 12.7. The van der Waals surface area contributed by atoms with Gasteiger partial charge >= 0.3 is 0 Å². The van der Waals surface area contributed by atoms with Crippen LogP contribution in [0.4, 0.5) is 5.69 Å². The summed E-state index contributed by atoms with van der Waals surface area (Å²) < 4.78 is 5.71. The number of nitrogens with one attached hydrogen (secondary N) is 2. The van der Waals surface area contributed by atoms with Gasteiger partial charge in [-0.15, -0.1) is 10.2 Å². The number of aromatic nitrogens is 3. The Labute approximate surface area is 230 Å². The highest BCUT2D eigenvalue weighted by atomic mass is 35.5. The predicted molar refractivity (Wildman–Crippen MR) is 155 cm³/mol. The lowest BCUT2D eigenvalue weighted by Gasteiger charge is -2.10. The summed E-state index contributed by atoms with van der Waals surface area (Å²) in [7, 11) is 0. The van der Waals surface area contributed by atoms with Gasteiger partial charge in [0.1, 0.15) is 16.8 Å². The zero-order chi connectivity index (χ0) is 26.6. The quantitative estimate of drug-likeness (QED) is 0.213. The van der Waals surface area contributed by atoms with E-state index in [0.717, 1.165) is 34.4 Å². The minimum atomic E-state index is -0.449. The van der Waals surface area contributed by atoms with Gasteiger partial charge in [-0.1, -0.05) is 37.1 Å². The van der Waals surface area contributed by atoms with Crippen molar-refractivity contribution in [2.75, 3.05) is 5.32 Å². The molecule has 0 fully saturated rings. The number of aryl methyl sites for hydroxylation is 2. The lowest BCUT2D eigenvalue weighted by molar-refractivity contribution is 0.0951. The average Bonchev–Trinajstić information content (AvgIpc) is 3.56. The topological polar surface area (TPSA) is 85.0 Å². The second-order valence-electron chi connectivity index (χ2n) is 8.99. The Morgan fingerprint density at radius 2 is 1.71 bits per heavy atom. The zero-order valence-corrected chi connectivity index (χ0v) is 22.6. The SMILES string of the molecule is CCCCc1ccc(-n2nc3cc(C)c(NC(=S)NC(=O)c4ccc(-c5ccc(Cl)cc5)o4)cc3n2)cc1. The highest BCUT2D eigenvalue weighted by Crippen LogP contribution is 2.25. The summed E-state index contributed by atoms with van der Waals surface area (Å²) in [5.41, 5.74) is 6.14. The van der Waals surface area contributed by atoms with Crippen LogP contribution in [0.2, 0.25) is 5.02 Å². The summed E-state index contributed by atoms with van der Waals surface area (Å²) in [5, 5.41) is 15.8. The molecule has 192 valence electrons. The number of benzene rings is 3. The number of anilines is 1. The number of hydrogen-bond donors (Lipinski definition) is 2. The number of amides is 1. The van der Waals surface area contributed by atoms with Gasteiger partial charge in [0.2, 0.25) is 0 Å². The molecule has 5 aromatic rings. The third kappa shape index (κ3) is 5.77. The zero-order valence-electron chi connectivity index (χ0n) is 21.0. The number of halogens is 1. The first-order valence-corrected chi connectivity index (χ1v) is 13.1. The fourth-order valence-corrected chi connectivity index (χ4v) is 4.37. The number of thiocarbonyl (C=S) groups is 1. The van der Waals surface area contributed by atoms with Crippen molar-refractivity contribution in [3.05, 3.63) is 94.7 Å². The highest BCUT2D eigenvalue weighted by molar-refractivity contribution is 7.80. The van der Waals surface area contributed by atoms with Crippen LogP contribution >= 0.6 is 23.8 Å². The third-order valence-corrected chi connectivity index (χ3v) is 6.60. The number of nitrogens with zero attached hydrogens (tertiary/aromatic N) is 3. The largest absolute Gasteiger partial charge is 0.451 e. The molecule has 0 aliphatic carbocycles. The Bertz CT molecular complexity index is 1610. The number of hydrogen-bond acceptors (Lipinski definition) is 5. The van der Waals surface area contributed by atoms with E-state index in [2.05, 4.69) is 39.9 Å². The van der Waals surface area contributed by atoms with E-state index in [-0.39, 0.29) is 10.9 Å². The van der Waals surface area contributed by atoms with Crippen LogP contribution in [0.1, 0.15) is 41.4 Å². The molecule has 0 atom stereocenters. The molecule has 2 aromatic heterocycles. The Balaban J connectivity index is 1.26. The van der Waals surface area contributed by atoms with E-state index in [1.54, 1.807) is 29.1 Å². The van der Waals surface area contributed by atoms with E-state index < -0.39 is 5.91 Å². The number of unbranched alkanes of at least 4 members (excludes halogenated alkanes) is 1. The van der Waals surface area contributed by atoms with E-state index in [1.165, 1.54) is 18.4 Å². The molecule has 2 heterocycles. The van der Waals surface area contributed by atoms with Crippen LogP contribution in [0.25, 0.3) is 28.0 Å². The molecule has 0 saturated heterocycles. The highest BCUT2D eigenvalue weighted by Gasteiger charge is 2.15. The van der Waals surface area contributed by atoms with E-state index in [9.17, 15) is 4.79 Å². The first-order valence-electron chi connectivity index (χ1n) is 12.3. The number of fused-ring (bicyclic) bond motifs is 1. The van der Waals surface area contributed by atoms with Crippen molar-refractivity contribution in [1.29, 1.82) is 0 Å². The molecule has 7 nitrogen and oxygen atoms in total. The minimum Gasteiger partial charge on any atom is -0.451 e. The van der Waals surface area contributed by atoms with Gasteiger partial charge in [-0.2, -0.15) is 4.80 Å². The molecule has 2 N–H and O–H groups in total. The van der Waals surface area contributed by atoms with Gasteiger partial charge in [-0.25, -0.2) is 0 Å². The average molecular weight is 544 g/mol. The molecule has 38 heavy (non-hydrogen) atoms. The van der Waals surface area contributed by atoms with Gasteiger partial charge in [0.15, 0.2) is 10.9 Å². The van der Waals surface area contributed by atoms with Crippen molar-refractivity contribution in [2.45, 2.75) is 33.1 Å². The molecular weight excluding hydrogens is 518 g/mol. The second-order valence-corrected chi connectivity index (χ2v) is 9.84. The summed E-state index contributed by atoms with van der Waals surface area (Å²) >= 11 is 11.3. The van der Waals surface area contributed by atoms with Gasteiger partial charge in [-0.05, 0) is 104 Å². The van der Waals surface area contributed by atoms with Gasteiger partial charge in [0.05, 0.1) is 5.69 Å². The molecule has 3 aromatic carbocycles. The molecule has 1 amide bonds. The number of carbonyl (C=O) groups is 1. The Morgan fingerprint density at radius 3 is 2.42 bits per heavy atom. The molecule has 0 radical (unpaired) electrons. The molecule has 5 rings (SSSR count). The fraction of sp³-hybridized carbons (Fsp3) is 0.172. The van der Waals surface area contributed by atoms with Crippen LogP contribution in [0, 0.1) is 6.92 Å². The van der Waals surface area contributed by atoms with Crippen molar-refractivity contribution in [1.82, 2.24) is 20.3 Å². The van der Waals surface area contributed by atoms with Gasteiger partial charge < -0.3 is 9.73 Å². The van der Waals surface area contributed by atoms with E-state index in [4.69, 9.17) is 28.2 Å². The Hall–Kier alpha value is -4.01. The van der Waals surface area contributed by atoms with E-state index in [0.29, 0.717) is 16.3 Å². The van der Waals surface area contributed by atoms with Crippen molar-refractivity contribution in [2.24, 2.45) is 0 Å². The lowest BCUT2D eigenvalue weighted by Crippen LogP contribution is -2.34. The summed E-state index contributed by atoms with van der Waals surface area (Å²) in [5.74, 6) is 0.260. The number of rotatable bonds is 7. The Morgan fingerprint density at radius 1 is 1.00 bits per heavy atom. The van der Waals surface area contributed by atoms with Crippen molar-refractivity contribution in [3.8, 4) is 17.0 Å². The van der Waals surface area contributed by atoms with E-state index in [1.807, 2.05) is 43.3 Å². The smallest absolute Gasteiger partial charge is 0.293 e. The standard InChI is InChI=1S/C29H26ClN5O2S/c1-3-4-5-19-6-12-22(13-7-19)35-33-24-16-18(2)23(17-25(24)34-35)31-29(38)32-28(36)27-15-14-26(37-27)20-8-10-21(30)11-9-20/h6-17H,3-5H2,1-2H3,(H2,31,32,36,38). The molecule has 0 aliphatic rings. The van der Waals surface area contributed by atoms with Crippen LogP contribution in [0.15, 0.2) is 77.2 Å². The number of furan rings is 1. The molecule has 0 spiro atoms. The van der Waals surface area contributed by atoms with Crippen LogP contribution < -0.4 is 10.6 Å². The maximum Gasteiger partial charge on any atom is 0.293 e. The van der Waals surface area contributed by atoms with Gasteiger partial charge in [-0.3, -0.25) is 10.1 Å². The van der Waals surface area contributed by atoms with Crippen molar-refractivity contribution < 1.29 is 9.21 Å². The van der Waals surface area contributed by atoms with Crippen LogP contribution in [0.3, 0.4) is 0 Å². The van der Waals surface area contributed by atoms with Crippen molar-refractivity contribution in [3.63, 3.8) is 0 Å². The monoisotopic (exact) mass is 543 g/mol. The molecule has 9 heteroatoms. The minimum absolute atomic E-state index is 0.148. The first-order chi connectivity index (χ1) is 18.4.